The molecular formula is C35H36FN3O5. The average Bonchev–Trinajstić information content (AvgIpc) is 3.05. The summed E-state index contributed by atoms with van der Waals surface area (Å²) >= 11 is 0. The molecule has 9 heteroatoms. The summed E-state index contributed by atoms with van der Waals surface area (Å²) in [7, 11) is 3.26. The zero-order valence-electron chi connectivity index (χ0n) is 25.1. The molecule has 8 nitrogen and oxygen atoms in total. The molecule has 5 aromatic rings. The summed E-state index contributed by atoms with van der Waals surface area (Å²) in [5.74, 6) is 1.22. The molecule has 1 aromatic heterocycles. The van der Waals surface area contributed by atoms with Crippen molar-refractivity contribution in [1.29, 1.82) is 0 Å². The maximum Gasteiger partial charge on any atom is 0.257 e. The van der Waals surface area contributed by atoms with Crippen LogP contribution in [0.3, 0.4) is 0 Å². The molecule has 3 N–H and O–H groups in total. The fourth-order valence-corrected chi connectivity index (χ4v) is 5.22. The first-order valence-corrected chi connectivity index (χ1v) is 14.7. The Bertz CT molecular complexity index is 1850. The van der Waals surface area contributed by atoms with E-state index in [1.807, 2.05) is 43.3 Å². The minimum atomic E-state index is -0.550. The number of anilines is 1. The number of para-hydroxylation sites is 2. The minimum Gasteiger partial charge on any atom is -0.494 e. The lowest BCUT2D eigenvalue weighted by molar-refractivity contribution is 0.102. The van der Waals surface area contributed by atoms with E-state index in [0.717, 1.165) is 48.7 Å². The number of ether oxygens (including phenoxy) is 3. The number of halogens is 1. The van der Waals surface area contributed by atoms with Gasteiger partial charge in [-0.1, -0.05) is 25.1 Å². The smallest absolute Gasteiger partial charge is 0.257 e. The number of methoxy groups -OCH3 is 2. The number of hydrogen-bond donors (Lipinski definition) is 3. The summed E-state index contributed by atoms with van der Waals surface area (Å²) in [6, 6.07) is 20.8. The Morgan fingerprint density at radius 2 is 1.66 bits per heavy atom. The highest BCUT2D eigenvalue weighted by Gasteiger charge is 2.17. The molecule has 1 amide bonds. The van der Waals surface area contributed by atoms with Crippen LogP contribution in [0.5, 0.6) is 17.2 Å². The van der Waals surface area contributed by atoms with E-state index in [4.69, 9.17) is 14.2 Å². The van der Waals surface area contributed by atoms with E-state index in [0.29, 0.717) is 29.6 Å². The van der Waals surface area contributed by atoms with E-state index in [9.17, 15) is 14.0 Å². The van der Waals surface area contributed by atoms with Gasteiger partial charge in [0.25, 0.3) is 5.91 Å². The van der Waals surface area contributed by atoms with Crippen molar-refractivity contribution >= 4 is 33.4 Å². The number of carbonyl (C=O) groups is 1. The third kappa shape index (κ3) is 6.68. The number of rotatable bonds is 13. The largest absolute Gasteiger partial charge is 0.494 e. The Morgan fingerprint density at radius 1 is 0.886 bits per heavy atom. The highest BCUT2D eigenvalue weighted by Crippen LogP contribution is 2.28. The van der Waals surface area contributed by atoms with E-state index in [2.05, 4.69) is 15.6 Å². The molecule has 0 atom stereocenters. The standard InChI is InChI=1S/C35H36FN3O5/c1-4-23-21-24(44-19-7-17-37-18-16-22-12-15-30(42-2)31(20-22)43-3)13-14-29(23)38-35(41)27-10-5-8-25-32(27)39-33-26(34(25)40)9-6-11-28(33)36/h5-6,8-15,20-21,37H,4,7,16-19H2,1-3H3,(H,38,41)(H,39,40). The van der Waals surface area contributed by atoms with Gasteiger partial charge in [-0.2, -0.15) is 0 Å². The number of amides is 1. The van der Waals surface area contributed by atoms with Crippen molar-refractivity contribution in [2.24, 2.45) is 0 Å². The zero-order chi connectivity index (χ0) is 31.1. The van der Waals surface area contributed by atoms with Crippen LogP contribution < -0.4 is 30.3 Å². The van der Waals surface area contributed by atoms with Crippen molar-refractivity contribution in [1.82, 2.24) is 10.3 Å². The van der Waals surface area contributed by atoms with Crippen LogP contribution in [0, 0.1) is 5.82 Å². The number of pyridine rings is 1. The summed E-state index contributed by atoms with van der Waals surface area (Å²) in [6.45, 7) is 4.20. The van der Waals surface area contributed by atoms with E-state index in [-0.39, 0.29) is 21.9 Å². The predicted molar refractivity (Wildman–Crippen MR) is 172 cm³/mol. The van der Waals surface area contributed by atoms with Gasteiger partial charge < -0.3 is 29.8 Å². The van der Waals surface area contributed by atoms with Gasteiger partial charge in [-0.05, 0) is 98.1 Å². The van der Waals surface area contributed by atoms with Crippen molar-refractivity contribution in [2.45, 2.75) is 26.2 Å². The summed E-state index contributed by atoms with van der Waals surface area (Å²) in [5, 5.41) is 6.97. The van der Waals surface area contributed by atoms with Crippen molar-refractivity contribution in [3.63, 3.8) is 0 Å². The Hall–Kier alpha value is -4.89. The summed E-state index contributed by atoms with van der Waals surface area (Å²) in [6.07, 6.45) is 2.38. The Balaban J connectivity index is 1.16. The lowest BCUT2D eigenvalue weighted by atomic mass is 10.0. The Morgan fingerprint density at radius 3 is 2.43 bits per heavy atom. The SMILES string of the molecule is CCc1cc(OCCCNCCc2ccc(OC)c(OC)c2)ccc1NC(=O)c1cccc2c(=O)c3cccc(F)c3[nH]c12. The predicted octanol–water partition coefficient (Wildman–Crippen LogP) is 6.25. The first-order valence-electron chi connectivity index (χ1n) is 14.7. The van der Waals surface area contributed by atoms with Crippen LogP contribution in [-0.2, 0) is 12.8 Å². The van der Waals surface area contributed by atoms with Crippen LogP contribution in [0.2, 0.25) is 0 Å². The molecule has 5 rings (SSSR count). The molecule has 0 radical (unpaired) electrons. The molecule has 0 saturated carbocycles. The third-order valence-corrected chi connectivity index (χ3v) is 7.57. The highest BCUT2D eigenvalue weighted by atomic mass is 19.1. The van der Waals surface area contributed by atoms with Gasteiger partial charge in [0, 0.05) is 16.5 Å². The van der Waals surface area contributed by atoms with Gasteiger partial charge in [-0.25, -0.2) is 4.39 Å². The molecule has 228 valence electrons. The molecule has 0 unspecified atom stereocenters. The van der Waals surface area contributed by atoms with Crippen LogP contribution in [-0.4, -0.2) is 44.8 Å². The maximum atomic E-state index is 14.5. The van der Waals surface area contributed by atoms with Gasteiger partial charge in [0.2, 0.25) is 0 Å². The molecule has 1 heterocycles. The highest BCUT2D eigenvalue weighted by molar-refractivity contribution is 6.13. The molecule has 0 aliphatic rings. The number of aromatic amines is 1. The number of aromatic nitrogens is 1. The van der Waals surface area contributed by atoms with E-state index in [1.54, 1.807) is 38.5 Å². The van der Waals surface area contributed by atoms with E-state index in [1.165, 1.54) is 17.7 Å². The number of aryl methyl sites for hydroxylation is 1. The Labute approximate surface area is 255 Å². The van der Waals surface area contributed by atoms with Crippen molar-refractivity contribution in [2.75, 3.05) is 39.2 Å². The monoisotopic (exact) mass is 597 g/mol. The van der Waals surface area contributed by atoms with Crippen molar-refractivity contribution < 1.29 is 23.4 Å². The minimum absolute atomic E-state index is 0.0779. The quantitative estimate of drug-likeness (QED) is 0.110. The average molecular weight is 598 g/mol. The lowest BCUT2D eigenvalue weighted by Gasteiger charge is -2.14. The number of H-pyrrole nitrogens is 1. The summed E-state index contributed by atoms with van der Waals surface area (Å²) in [4.78, 5) is 29.4. The fraction of sp³-hybridized carbons (Fsp3) is 0.257. The second-order valence-corrected chi connectivity index (χ2v) is 10.4. The first kappa shape index (κ1) is 30.6. The number of fused-ring (bicyclic) bond motifs is 2. The molecule has 0 bridgehead atoms. The topological polar surface area (TPSA) is 102 Å². The molecule has 0 saturated heterocycles. The molecule has 44 heavy (non-hydrogen) atoms. The van der Waals surface area contributed by atoms with Gasteiger partial charge in [-0.3, -0.25) is 9.59 Å². The molecule has 0 fully saturated rings. The maximum absolute atomic E-state index is 14.5. The molecule has 0 aliphatic carbocycles. The second kappa shape index (κ2) is 14.1. The normalized spacial score (nSPS) is 11.1. The van der Waals surface area contributed by atoms with E-state index >= 15 is 0 Å². The van der Waals surface area contributed by atoms with Crippen LogP contribution in [0.25, 0.3) is 21.8 Å². The van der Waals surface area contributed by atoms with Gasteiger partial charge >= 0.3 is 0 Å². The summed E-state index contributed by atoms with van der Waals surface area (Å²) < 4.78 is 31.1. The van der Waals surface area contributed by atoms with Crippen LogP contribution in [0.1, 0.15) is 34.8 Å². The molecule has 4 aromatic carbocycles. The van der Waals surface area contributed by atoms with Crippen molar-refractivity contribution in [3.05, 3.63) is 106 Å². The Kier molecular flexibility index (Phi) is 9.76. The van der Waals surface area contributed by atoms with Crippen LogP contribution in [0.15, 0.2) is 77.6 Å². The fourth-order valence-electron chi connectivity index (χ4n) is 5.22. The second-order valence-electron chi connectivity index (χ2n) is 10.4. The summed E-state index contributed by atoms with van der Waals surface area (Å²) in [5.41, 5.74) is 3.03. The van der Waals surface area contributed by atoms with Gasteiger partial charge in [-0.15, -0.1) is 0 Å². The van der Waals surface area contributed by atoms with Gasteiger partial charge in [0.15, 0.2) is 16.9 Å². The van der Waals surface area contributed by atoms with Gasteiger partial charge in [0.1, 0.15) is 11.6 Å². The molecule has 0 spiro atoms. The number of hydrogen-bond acceptors (Lipinski definition) is 6. The molecular weight excluding hydrogens is 561 g/mol. The lowest BCUT2D eigenvalue weighted by Crippen LogP contribution is -2.20. The zero-order valence-corrected chi connectivity index (χ0v) is 25.1. The van der Waals surface area contributed by atoms with E-state index < -0.39 is 11.7 Å². The molecule has 0 aliphatic heterocycles. The number of benzene rings is 4. The number of nitrogens with one attached hydrogen (secondary N) is 3. The van der Waals surface area contributed by atoms with Crippen LogP contribution >= 0.6 is 0 Å². The van der Waals surface area contributed by atoms with Gasteiger partial charge in [0.05, 0.1) is 37.4 Å². The first-order chi connectivity index (χ1) is 21.4. The number of carbonyl (C=O) groups excluding carboxylic acids is 1. The van der Waals surface area contributed by atoms with Crippen molar-refractivity contribution in [3.8, 4) is 17.2 Å². The van der Waals surface area contributed by atoms with Crippen LogP contribution in [0.4, 0.5) is 10.1 Å². The third-order valence-electron chi connectivity index (χ3n) is 7.57.